The van der Waals surface area contributed by atoms with Gasteiger partial charge in [-0.1, -0.05) is 42.1 Å². The number of hydrogen-bond donors (Lipinski definition) is 0. The third-order valence-electron chi connectivity index (χ3n) is 4.44. The van der Waals surface area contributed by atoms with Gasteiger partial charge >= 0.3 is 0 Å². The number of benzene rings is 1. The van der Waals surface area contributed by atoms with E-state index in [9.17, 15) is 4.79 Å². The molecule has 0 aliphatic carbocycles. The lowest BCUT2D eigenvalue weighted by molar-refractivity contribution is -0.129. The highest BCUT2D eigenvalue weighted by Gasteiger charge is 2.18. The zero-order valence-electron chi connectivity index (χ0n) is 14.1. The van der Waals surface area contributed by atoms with Crippen LogP contribution in [-0.2, 0) is 24.7 Å². The number of piperidine rings is 1. The van der Waals surface area contributed by atoms with Crippen molar-refractivity contribution in [3.8, 4) is 0 Å². The molecule has 3 rings (SSSR count). The van der Waals surface area contributed by atoms with Crippen LogP contribution in [0, 0.1) is 0 Å². The summed E-state index contributed by atoms with van der Waals surface area (Å²) in [5.41, 5.74) is 1.30. The molecule has 1 aromatic heterocycles. The van der Waals surface area contributed by atoms with E-state index in [-0.39, 0.29) is 5.91 Å². The molecule has 5 nitrogen and oxygen atoms in total. The minimum Gasteiger partial charge on any atom is -0.342 e. The lowest BCUT2D eigenvalue weighted by Crippen LogP contribution is -2.36. The first kappa shape index (κ1) is 17.0. The molecule has 2 aromatic rings. The van der Waals surface area contributed by atoms with E-state index < -0.39 is 0 Å². The van der Waals surface area contributed by atoms with Crippen molar-refractivity contribution in [2.45, 2.75) is 37.3 Å². The van der Waals surface area contributed by atoms with Crippen molar-refractivity contribution >= 4 is 17.7 Å². The number of rotatable bonds is 6. The molecular formula is C18H24N4OS. The summed E-state index contributed by atoms with van der Waals surface area (Å²) in [7, 11) is 1.98. The fraction of sp³-hybridized carbons (Fsp3) is 0.500. The average molecular weight is 344 g/mol. The maximum atomic E-state index is 12.2. The second kappa shape index (κ2) is 8.33. The lowest BCUT2D eigenvalue weighted by Gasteiger charge is -2.26. The highest BCUT2D eigenvalue weighted by molar-refractivity contribution is 7.99. The minimum atomic E-state index is 0.216. The highest BCUT2D eigenvalue weighted by atomic mass is 32.2. The van der Waals surface area contributed by atoms with E-state index in [1.807, 2.05) is 22.6 Å². The lowest BCUT2D eigenvalue weighted by atomic mass is 10.1. The molecule has 0 radical (unpaired) electrons. The van der Waals surface area contributed by atoms with Gasteiger partial charge in [0.05, 0.1) is 5.75 Å². The molecule has 6 heteroatoms. The van der Waals surface area contributed by atoms with Gasteiger partial charge in [-0.05, 0) is 31.2 Å². The largest absolute Gasteiger partial charge is 0.342 e. The van der Waals surface area contributed by atoms with Gasteiger partial charge in [-0.2, -0.15) is 0 Å². The van der Waals surface area contributed by atoms with Gasteiger partial charge in [-0.25, -0.2) is 0 Å². The Morgan fingerprint density at radius 2 is 1.83 bits per heavy atom. The van der Waals surface area contributed by atoms with Crippen molar-refractivity contribution in [3.63, 3.8) is 0 Å². The first-order valence-electron chi connectivity index (χ1n) is 8.57. The maximum Gasteiger partial charge on any atom is 0.233 e. The van der Waals surface area contributed by atoms with Crippen LogP contribution in [0.2, 0.25) is 0 Å². The molecule has 0 atom stereocenters. The second-order valence-electron chi connectivity index (χ2n) is 6.17. The Balaban J connectivity index is 1.51. The summed E-state index contributed by atoms with van der Waals surface area (Å²) < 4.78 is 2.01. The molecule has 128 valence electrons. The Kier molecular flexibility index (Phi) is 5.91. The van der Waals surface area contributed by atoms with Crippen LogP contribution in [0.15, 0.2) is 35.5 Å². The van der Waals surface area contributed by atoms with Crippen LogP contribution >= 0.6 is 11.8 Å². The number of aryl methyl sites for hydroxylation is 2. The zero-order valence-corrected chi connectivity index (χ0v) is 15.0. The van der Waals surface area contributed by atoms with E-state index in [2.05, 4.69) is 34.5 Å². The van der Waals surface area contributed by atoms with E-state index in [0.717, 1.165) is 49.8 Å². The van der Waals surface area contributed by atoms with Crippen LogP contribution in [0.3, 0.4) is 0 Å². The molecule has 1 amide bonds. The van der Waals surface area contributed by atoms with Gasteiger partial charge in [-0.3, -0.25) is 4.79 Å². The predicted molar refractivity (Wildman–Crippen MR) is 96.0 cm³/mol. The molecule has 0 spiro atoms. The highest BCUT2D eigenvalue weighted by Crippen LogP contribution is 2.18. The summed E-state index contributed by atoms with van der Waals surface area (Å²) >= 11 is 1.49. The Morgan fingerprint density at radius 3 is 2.58 bits per heavy atom. The molecule has 1 aliphatic rings. The van der Waals surface area contributed by atoms with Crippen molar-refractivity contribution in [3.05, 3.63) is 41.7 Å². The molecule has 0 saturated carbocycles. The molecule has 1 fully saturated rings. The smallest absolute Gasteiger partial charge is 0.233 e. The van der Waals surface area contributed by atoms with Crippen LogP contribution in [0.25, 0.3) is 0 Å². The SMILES string of the molecule is Cn1c(CCc2ccccc2)nnc1SCC(=O)N1CCCCC1. The Labute approximate surface area is 147 Å². The average Bonchev–Trinajstić information content (AvgIpc) is 2.99. The number of aromatic nitrogens is 3. The third kappa shape index (κ3) is 4.38. The van der Waals surface area contributed by atoms with Crippen molar-refractivity contribution in [1.82, 2.24) is 19.7 Å². The van der Waals surface area contributed by atoms with Crippen LogP contribution in [0.5, 0.6) is 0 Å². The molecule has 24 heavy (non-hydrogen) atoms. The molecule has 2 heterocycles. The van der Waals surface area contributed by atoms with Gasteiger partial charge < -0.3 is 9.47 Å². The van der Waals surface area contributed by atoms with Crippen molar-refractivity contribution in [2.75, 3.05) is 18.8 Å². The Hall–Kier alpha value is -1.82. The summed E-state index contributed by atoms with van der Waals surface area (Å²) in [5, 5.41) is 9.36. The van der Waals surface area contributed by atoms with E-state index in [4.69, 9.17) is 0 Å². The number of carbonyl (C=O) groups is 1. The minimum absolute atomic E-state index is 0.216. The quantitative estimate of drug-likeness (QED) is 0.756. The van der Waals surface area contributed by atoms with Gasteiger partial charge in [0.2, 0.25) is 5.91 Å². The summed E-state index contributed by atoms with van der Waals surface area (Å²) in [4.78, 5) is 14.2. The summed E-state index contributed by atoms with van der Waals surface area (Å²) in [6.45, 7) is 1.81. The van der Waals surface area contributed by atoms with Crippen molar-refractivity contribution in [1.29, 1.82) is 0 Å². The molecule has 0 bridgehead atoms. The van der Waals surface area contributed by atoms with Crippen LogP contribution in [0.1, 0.15) is 30.7 Å². The fourth-order valence-corrected chi connectivity index (χ4v) is 3.78. The van der Waals surface area contributed by atoms with E-state index >= 15 is 0 Å². The van der Waals surface area contributed by atoms with Gasteiger partial charge in [0.25, 0.3) is 0 Å². The number of nitrogens with zero attached hydrogens (tertiary/aromatic N) is 4. The molecule has 0 unspecified atom stereocenters. The summed E-state index contributed by atoms with van der Waals surface area (Å²) in [5.74, 6) is 1.63. The number of carbonyl (C=O) groups excluding carboxylic acids is 1. The molecule has 1 saturated heterocycles. The Morgan fingerprint density at radius 1 is 1.08 bits per heavy atom. The van der Waals surface area contributed by atoms with E-state index in [1.165, 1.54) is 23.7 Å². The normalized spacial score (nSPS) is 14.8. The van der Waals surface area contributed by atoms with Crippen molar-refractivity contribution < 1.29 is 4.79 Å². The molecule has 1 aromatic carbocycles. The second-order valence-corrected chi connectivity index (χ2v) is 7.12. The van der Waals surface area contributed by atoms with Gasteiger partial charge in [0.1, 0.15) is 5.82 Å². The van der Waals surface area contributed by atoms with Gasteiger partial charge in [0, 0.05) is 26.6 Å². The predicted octanol–water partition coefficient (Wildman–Crippen LogP) is 2.70. The van der Waals surface area contributed by atoms with Crippen LogP contribution < -0.4 is 0 Å². The number of thioether (sulfide) groups is 1. The van der Waals surface area contributed by atoms with Crippen LogP contribution in [-0.4, -0.2) is 44.4 Å². The number of hydrogen-bond acceptors (Lipinski definition) is 4. The molecule has 1 aliphatic heterocycles. The van der Waals surface area contributed by atoms with Gasteiger partial charge in [0.15, 0.2) is 5.16 Å². The first-order valence-corrected chi connectivity index (χ1v) is 9.55. The first-order chi connectivity index (χ1) is 11.7. The third-order valence-corrected chi connectivity index (χ3v) is 5.44. The van der Waals surface area contributed by atoms with Crippen LogP contribution in [0.4, 0.5) is 0 Å². The van der Waals surface area contributed by atoms with Crippen molar-refractivity contribution in [2.24, 2.45) is 7.05 Å². The van der Waals surface area contributed by atoms with E-state index in [0.29, 0.717) is 5.75 Å². The van der Waals surface area contributed by atoms with E-state index in [1.54, 1.807) is 0 Å². The molecular weight excluding hydrogens is 320 g/mol. The van der Waals surface area contributed by atoms with Gasteiger partial charge in [-0.15, -0.1) is 10.2 Å². The molecule has 0 N–H and O–H groups in total. The maximum absolute atomic E-state index is 12.2. The topological polar surface area (TPSA) is 51.0 Å². The standard InChI is InChI=1S/C18H24N4OS/c1-21-16(11-10-15-8-4-2-5-9-15)19-20-18(21)24-14-17(23)22-12-6-3-7-13-22/h2,4-5,8-9H,3,6-7,10-14H2,1H3. The zero-order chi connectivity index (χ0) is 16.8. The fourth-order valence-electron chi connectivity index (χ4n) is 2.95. The number of amides is 1. The summed E-state index contributed by atoms with van der Waals surface area (Å²) in [6.07, 6.45) is 5.30. The summed E-state index contributed by atoms with van der Waals surface area (Å²) in [6, 6.07) is 10.4. The number of likely N-dealkylation sites (tertiary alicyclic amines) is 1. The Bertz CT molecular complexity index is 665. The monoisotopic (exact) mass is 344 g/mol.